The summed E-state index contributed by atoms with van der Waals surface area (Å²) in [6, 6.07) is 17.0. The van der Waals surface area contributed by atoms with E-state index in [4.69, 9.17) is 0 Å². The molecular weight excluding hydrogens is 486 g/mol. The molecule has 0 fully saturated rings. The van der Waals surface area contributed by atoms with E-state index in [9.17, 15) is 4.39 Å². The van der Waals surface area contributed by atoms with Crippen molar-refractivity contribution in [2.75, 3.05) is 0 Å². The number of hydrogen-bond acceptors (Lipinski definition) is 2. The first kappa shape index (κ1) is 22.6. The minimum atomic E-state index is -0.705. The van der Waals surface area contributed by atoms with Gasteiger partial charge >= 0.3 is 0 Å². The van der Waals surface area contributed by atoms with Gasteiger partial charge in [-0.2, -0.15) is 0 Å². The number of alkyl halides is 2. The molecule has 2 nitrogen and oxygen atoms in total. The molecule has 2 aromatic carbocycles. The largest absolute Gasteiger partial charge is 0.248 e. The molecule has 3 rings (SSSR count). The van der Waals surface area contributed by atoms with E-state index in [0.717, 1.165) is 42.6 Å². The first-order valence-corrected chi connectivity index (χ1v) is 11.7. The van der Waals surface area contributed by atoms with E-state index in [1.54, 1.807) is 6.92 Å². The number of benzene rings is 2. The molecule has 1 aromatic heterocycles. The van der Waals surface area contributed by atoms with Gasteiger partial charge in [0.25, 0.3) is 0 Å². The number of aromatic nitrogens is 2. The van der Waals surface area contributed by atoms with Gasteiger partial charge in [-0.15, -0.1) is 6.58 Å². The van der Waals surface area contributed by atoms with Crippen molar-refractivity contribution in [2.45, 2.75) is 49.1 Å². The van der Waals surface area contributed by atoms with Crippen LogP contribution in [0.5, 0.6) is 0 Å². The highest BCUT2D eigenvalue weighted by atomic mass is 127. The van der Waals surface area contributed by atoms with E-state index in [0.29, 0.717) is 10.3 Å². The molecule has 0 aliphatic heterocycles. The number of rotatable bonds is 10. The maximum Gasteiger partial charge on any atom is 0.159 e. The molecule has 3 aromatic rings. The van der Waals surface area contributed by atoms with Crippen LogP contribution in [0.4, 0.5) is 4.39 Å². The summed E-state index contributed by atoms with van der Waals surface area (Å²) < 4.78 is 13.3. The summed E-state index contributed by atoms with van der Waals surface area (Å²) in [5, 5.41) is 0. The third-order valence-corrected chi connectivity index (χ3v) is 6.50. The molecule has 0 aliphatic rings. The molecule has 0 N–H and O–H groups in total. The second-order valence-electron chi connectivity index (χ2n) is 7.64. The average molecular weight is 514 g/mol. The van der Waals surface area contributed by atoms with Crippen LogP contribution in [0.2, 0.25) is 0 Å². The number of halogens is 2. The zero-order valence-corrected chi connectivity index (χ0v) is 19.6. The summed E-state index contributed by atoms with van der Waals surface area (Å²) in [5.41, 5.74) is 5.78. The van der Waals surface area contributed by atoms with Gasteiger partial charge in [-0.05, 0) is 42.9 Å². The first-order valence-electron chi connectivity index (χ1n) is 10.5. The van der Waals surface area contributed by atoms with Crippen LogP contribution >= 0.6 is 22.6 Å². The van der Waals surface area contributed by atoms with Crippen molar-refractivity contribution in [3.8, 4) is 22.5 Å². The van der Waals surface area contributed by atoms with Crippen molar-refractivity contribution in [3.05, 3.63) is 84.7 Å². The van der Waals surface area contributed by atoms with Crippen molar-refractivity contribution >= 4 is 22.6 Å². The van der Waals surface area contributed by atoms with E-state index in [1.807, 2.05) is 18.5 Å². The fraction of sp³-hybridized carbons (Fsp3) is 0.308. The highest BCUT2D eigenvalue weighted by Crippen LogP contribution is 2.29. The number of allylic oxidation sites excluding steroid dienone is 1. The number of hydrogen-bond donors (Lipinski definition) is 0. The van der Waals surface area contributed by atoms with Crippen molar-refractivity contribution in [3.63, 3.8) is 0 Å². The standard InChI is InChI=1S/C26H28FIN2/c1-3-6-20-9-11-21(12-10-20)22-13-15-23(16-14-22)26-29-17-24(18-30-26)25(28)8-5-4-7-19(2)27/h3,9-19,25H,1,4-8H2,2H3. The van der Waals surface area contributed by atoms with Gasteiger partial charge < -0.3 is 0 Å². The lowest BCUT2D eigenvalue weighted by molar-refractivity contribution is 0.330. The Morgan fingerprint density at radius 2 is 1.43 bits per heavy atom. The Morgan fingerprint density at radius 3 is 2.00 bits per heavy atom. The summed E-state index contributed by atoms with van der Waals surface area (Å²) >= 11 is 2.43. The van der Waals surface area contributed by atoms with Crippen molar-refractivity contribution in [1.29, 1.82) is 0 Å². The molecule has 0 amide bonds. The Morgan fingerprint density at radius 1 is 0.900 bits per heavy atom. The molecule has 0 spiro atoms. The second-order valence-corrected chi connectivity index (χ2v) is 9.14. The van der Waals surface area contributed by atoms with Crippen LogP contribution in [0, 0.1) is 0 Å². The highest BCUT2D eigenvalue weighted by molar-refractivity contribution is 14.1. The monoisotopic (exact) mass is 514 g/mol. The summed E-state index contributed by atoms with van der Waals surface area (Å²) in [4.78, 5) is 9.15. The van der Waals surface area contributed by atoms with Crippen molar-refractivity contribution in [2.24, 2.45) is 0 Å². The third kappa shape index (κ3) is 6.46. The molecule has 0 saturated heterocycles. The minimum Gasteiger partial charge on any atom is -0.248 e. The quantitative estimate of drug-likeness (QED) is 0.119. The number of unbranched alkanes of at least 4 members (excludes halogenated alkanes) is 1. The fourth-order valence-corrected chi connectivity index (χ4v) is 4.14. The van der Waals surface area contributed by atoms with Crippen LogP contribution in [0.15, 0.2) is 73.6 Å². The highest BCUT2D eigenvalue weighted by Gasteiger charge is 2.10. The SMILES string of the molecule is C=CCc1ccc(-c2ccc(-c3ncc(C(I)CCCCC(C)F)cn3)cc2)cc1. The van der Waals surface area contributed by atoms with Crippen LogP contribution in [-0.2, 0) is 6.42 Å². The molecule has 0 aliphatic carbocycles. The summed E-state index contributed by atoms with van der Waals surface area (Å²) in [6.45, 7) is 5.41. The summed E-state index contributed by atoms with van der Waals surface area (Å²) in [7, 11) is 0. The smallest absolute Gasteiger partial charge is 0.159 e. The van der Waals surface area contributed by atoms with Crippen LogP contribution in [-0.4, -0.2) is 16.1 Å². The summed E-state index contributed by atoms with van der Waals surface area (Å²) in [6.07, 6.45) is 9.57. The van der Waals surface area contributed by atoms with Crippen LogP contribution < -0.4 is 0 Å². The van der Waals surface area contributed by atoms with E-state index < -0.39 is 6.17 Å². The Labute approximate surface area is 192 Å². The van der Waals surface area contributed by atoms with Gasteiger partial charge in [-0.1, -0.05) is 90.0 Å². The van der Waals surface area contributed by atoms with Crippen molar-refractivity contribution in [1.82, 2.24) is 9.97 Å². The third-order valence-electron chi connectivity index (χ3n) is 5.15. The van der Waals surface area contributed by atoms with Gasteiger partial charge in [-0.25, -0.2) is 14.4 Å². The Kier molecular flexibility index (Phi) is 8.55. The van der Waals surface area contributed by atoms with Gasteiger partial charge in [0.05, 0.1) is 6.17 Å². The molecule has 0 saturated carbocycles. The zero-order valence-electron chi connectivity index (χ0n) is 17.4. The van der Waals surface area contributed by atoms with E-state index in [-0.39, 0.29) is 0 Å². The minimum absolute atomic E-state index is 0.359. The van der Waals surface area contributed by atoms with Gasteiger partial charge in [0.15, 0.2) is 5.82 Å². The molecule has 2 atom stereocenters. The molecule has 156 valence electrons. The zero-order chi connectivity index (χ0) is 21.3. The molecule has 0 radical (unpaired) electrons. The number of nitrogens with zero attached hydrogens (tertiary/aromatic N) is 2. The van der Waals surface area contributed by atoms with E-state index in [2.05, 4.69) is 87.7 Å². The maximum absolute atomic E-state index is 12.9. The lowest BCUT2D eigenvalue weighted by atomic mass is 10.0. The topological polar surface area (TPSA) is 25.8 Å². The fourth-order valence-electron chi connectivity index (χ4n) is 3.38. The van der Waals surface area contributed by atoms with Gasteiger partial charge in [0.2, 0.25) is 0 Å². The summed E-state index contributed by atoms with van der Waals surface area (Å²) in [5.74, 6) is 0.737. The molecular formula is C26H28FIN2. The van der Waals surface area contributed by atoms with Crippen LogP contribution in [0.3, 0.4) is 0 Å². The van der Waals surface area contributed by atoms with Gasteiger partial charge in [-0.3, -0.25) is 0 Å². The Balaban J connectivity index is 1.61. The van der Waals surface area contributed by atoms with E-state index >= 15 is 0 Å². The first-order chi connectivity index (χ1) is 14.6. The average Bonchev–Trinajstić information content (AvgIpc) is 2.77. The lowest BCUT2D eigenvalue weighted by Gasteiger charge is -2.10. The Hall–Kier alpha value is -2.08. The molecule has 0 bridgehead atoms. The Bertz CT molecular complexity index is 919. The predicted molar refractivity (Wildman–Crippen MR) is 133 cm³/mol. The van der Waals surface area contributed by atoms with Crippen molar-refractivity contribution < 1.29 is 4.39 Å². The van der Waals surface area contributed by atoms with Crippen LogP contribution in [0.1, 0.15) is 47.7 Å². The normalized spacial score (nSPS) is 13.0. The molecule has 1 heterocycles. The molecule has 2 unspecified atom stereocenters. The van der Waals surface area contributed by atoms with Crippen LogP contribution in [0.25, 0.3) is 22.5 Å². The molecule has 30 heavy (non-hydrogen) atoms. The van der Waals surface area contributed by atoms with E-state index in [1.165, 1.54) is 16.7 Å². The second kappa shape index (κ2) is 11.3. The maximum atomic E-state index is 12.9. The predicted octanol–water partition coefficient (Wildman–Crippen LogP) is 7.93. The van der Waals surface area contributed by atoms with Gasteiger partial charge in [0.1, 0.15) is 0 Å². The van der Waals surface area contributed by atoms with Gasteiger partial charge in [0, 0.05) is 27.4 Å². The molecule has 4 heteroatoms. The lowest BCUT2D eigenvalue weighted by Crippen LogP contribution is -1.97.